The van der Waals surface area contributed by atoms with E-state index in [-0.39, 0.29) is 11.7 Å². The molecule has 0 spiro atoms. The Morgan fingerprint density at radius 2 is 1.93 bits per heavy atom. The number of hydrogen-bond donors (Lipinski definition) is 1. The Morgan fingerprint density at radius 3 is 2.61 bits per heavy atom. The fraction of sp³-hybridized carbons (Fsp3) is 0.350. The van der Waals surface area contributed by atoms with E-state index in [0.29, 0.717) is 43.1 Å². The third-order valence-electron chi connectivity index (χ3n) is 4.59. The minimum atomic E-state index is -3.57. The predicted molar refractivity (Wildman–Crippen MR) is 108 cm³/mol. The average Bonchev–Trinajstić information content (AvgIpc) is 2.85. The zero-order valence-electron chi connectivity index (χ0n) is 16.0. The summed E-state index contributed by atoms with van der Waals surface area (Å²) in [6.45, 7) is 3.39. The average molecular weight is 404 g/mol. The Morgan fingerprint density at radius 1 is 1.18 bits per heavy atom. The molecule has 28 heavy (non-hydrogen) atoms. The number of ether oxygens (including phenoxy) is 2. The van der Waals surface area contributed by atoms with Crippen molar-refractivity contribution >= 4 is 21.6 Å². The van der Waals surface area contributed by atoms with Gasteiger partial charge in [-0.2, -0.15) is 0 Å². The number of fused-ring (bicyclic) bond motifs is 1. The van der Waals surface area contributed by atoms with Crippen LogP contribution in [0.25, 0.3) is 0 Å². The Kier molecular flexibility index (Phi) is 6.08. The fourth-order valence-electron chi connectivity index (χ4n) is 3.00. The van der Waals surface area contributed by atoms with E-state index in [2.05, 4.69) is 4.72 Å². The maximum Gasteiger partial charge on any atom is 0.257 e. The highest BCUT2D eigenvalue weighted by atomic mass is 32.2. The van der Waals surface area contributed by atoms with Gasteiger partial charge in [-0.25, -0.2) is 8.42 Å². The first kappa shape index (κ1) is 20.0. The molecule has 0 radical (unpaired) electrons. The molecule has 1 heterocycles. The van der Waals surface area contributed by atoms with E-state index >= 15 is 0 Å². The fourth-order valence-corrected chi connectivity index (χ4v) is 4.09. The number of aryl methyl sites for hydroxylation is 1. The predicted octanol–water partition coefficient (Wildman–Crippen LogP) is 2.53. The van der Waals surface area contributed by atoms with E-state index in [1.165, 1.54) is 6.07 Å². The number of nitrogens with one attached hydrogen (secondary N) is 1. The number of nitrogens with zero attached hydrogens (tertiary/aromatic N) is 1. The van der Waals surface area contributed by atoms with E-state index < -0.39 is 10.0 Å². The molecule has 3 rings (SSSR count). The standard InChI is InChI=1S/C20H24N2O5S/c1-3-22-11-12-27-19-9-6-16(14-18(19)20(22)23)21-28(24,25)13-10-15-4-7-17(26-2)8-5-15/h4-9,14,21H,3,10-13H2,1-2H3. The van der Waals surface area contributed by atoms with Crippen molar-refractivity contribution in [3.63, 3.8) is 0 Å². The van der Waals surface area contributed by atoms with Crippen LogP contribution in [0.1, 0.15) is 22.8 Å². The van der Waals surface area contributed by atoms with E-state index in [1.807, 2.05) is 19.1 Å². The smallest absolute Gasteiger partial charge is 0.257 e. The summed E-state index contributed by atoms with van der Waals surface area (Å²) >= 11 is 0. The van der Waals surface area contributed by atoms with E-state index in [1.54, 1.807) is 36.3 Å². The quantitative estimate of drug-likeness (QED) is 0.767. The first-order valence-electron chi connectivity index (χ1n) is 9.11. The van der Waals surface area contributed by atoms with Crippen LogP contribution in [0.3, 0.4) is 0 Å². The second kappa shape index (κ2) is 8.52. The molecule has 0 bridgehead atoms. The van der Waals surface area contributed by atoms with Crippen LogP contribution in [0.4, 0.5) is 5.69 Å². The largest absolute Gasteiger partial charge is 0.497 e. The molecule has 1 aliphatic rings. The van der Waals surface area contributed by atoms with Gasteiger partial charge in [-0.15, -0.1) is 0 Å². The lowest BCUT2D eigenvalue weighted by Crippen LogP contribution is -2.32. The minimum absolute atomic E-state index is 0.0675. The van der Waals surface area contributed by atoms with Crippen LogP contribution in [0, 0.1) is 0 Å². The summed E-state index contributed by atoms with van der Waals surface area (Å²) in [7, 11) is -1.98. The summed E-state index contributed by atoms with van der Waals surface area (Å²) < 4.78 is 38.2. The lowest BCUT2D eigenvalue weighted by atomic mass is 10.1. The molecule has 0 unspecified atom stereocenters. The van der Waals surface area contributed by atoms with Crippen molar-refractivity contribution in [1.82, 2.24) is 4.90 Å². The van der Waals surface area contributed by atoms with Gasteiger partial charge in [0.1, 0.15) is 18.1 Å². The van der Waals surface area contributed by atoms with Crippen molar-refractivity contribution in [2.24, 2.45) is 0 Å². The number of likely N-dealkylation sites (N-methyl/N-ethyl adjacent to an activating group) is 1. The van der Waals surface area contributed by atoms with Gasteiger partial charge in [0.15, 0.2) is 0 Å². The van der Waals surface area contributed by atoms with Crippen LogP contribution in [0.15, 0.2) is 42.5 Å². The molecule has 2 aromatic rings. The number of anilines is 1. The Hall–Kier alpha value is -2.74. The number of benzene rings is 2. The molecular weight excluding hydrogens is 380 g/mol. The number of sulfonamides is 1. The molecule has 0 aliphatic carbocycles. The van der Waals surface area contributed by atoms with Gasteiger partial charge in [0.05, 0.1) is 25.0 Å². The van der Waals surface area contributed by atoms with Crippen molar-refractivity contribution in [3.8, 4) is 11.5 Å². The van der Waals surface area contributed by atoms with Crippen LogP contribution in [0.2, 0.25) is 0 Å². The summed E-state index contributed by atoms with van der Waals surface area (Å²) in [5, 5.41) is 0. The zero-order chi connectivity index (χ0) is 20.1. The normalized spacial score (nSPS) is 14.1. The van der Waals surface area contributed by atoms with Crippen molar-refractivity contribution in [2.45, 2.75) is 13.3 Å². The summed E-state index contributed by atoms with van der Waals surface area (Å²) in [5.41, 5.74) is 1.62. The molecule has 0 atom stereocenters. The molecule has 0 aromatic heterocycles. The van der Waals surface area contributed by atoms with Gasteiger partial charge in [0.2, 0.25) is 10.0 Å². The Labute approximate surface area is 165 Å². The van der Waals surface area contributed by atoms with E-state index in [4.69, 9.17) is 9.47 Å². The van der Waals surface area contributed by atoms with Gasteiger partial charge in [-0.1, -0.05) is 12.1 Å². The molecule has 0 saturated heterocycles. The number of amides is 1. The third-order valence-corrected chi connectivity index (χ3v) is 5.88. The van der Waals surface area contributed by atoms with Crippen LogP contribution in [-0.4, -0.2) is 51.8 Å². The molecule has 1 amide bonds. The first-order chi connectivity index (χ1) is 13.4. The monoisotopic (exact) mass is 404 g/mol. The second-order valence-electron chi connectivity index (χ2n) is 6.46. The minimum Gasteiger partial charge on any atom is -0.497 e. The molecule has 1 aliphatic heterocycles. The second-order valence-corrected chi connectivity index (χ2v) is 8.31. The van der Waals surface area contributed by atoms with E-state index in [9.17, 15) is 13.2 Å². The molecule has 0 fully saturated rings. The van der Waals surface area contributed by atoms with Crippen LogP contribution in [0.5, 0.6) is 11.5 Å². The highest BCUT2D eigenvalue weighted by Gasteiger charge is 2.23. The molecule has 150 valence electrons. The maximum absolute atomic E-state index is 12.6. The number of carbonyl (C=O) groups is 1. The van der Waals surface area contributed by atoms with Gasteiger partial charge in [-0.05, 0) is 49.2 Å². The number of rotatable bonds is 7. The lowest BCUT2D eigenvalue weighted by molar-refractivity contribution is 0.0765. The molecular formula is C20H24N2O5S. The van der Waals surface area contributed by atoms with Crippen molar-refractivity contribution in [1.29, 1.82) is 0 Å². The highest BCUT2D eigenvalue weighted by Crippen LogP contribution is 2.27. The Bertz CT molecular complexity index is 942. The molecule has 1 N–H and O–H groups in total. The summed E-state index contributed by atoms with van der Waals surface area (Å²) in [4.78, 5) is 14.3. The number of methoxy groups -OCH3 is 1. The van der Waals surface area contributed by atoms with E-state index in [0.717, 1.165) is 11.3 Å². The molecule has 0 saturated carbocycles. The summed E-state index contributed by atoms with van der Waals surface area (Å²) in [6, 6.07) is 12.1. The highest BCUT2D eigenvalue weighted by molar-refractivity contribution is 7.92. The topological polar surface area (TPSA) is 84.9 Å². The summed E-state index contributed by atoms with van der Waals surface area (Å²) in [6.07, 6.45) is 0.371. The zero-order valence-corrected chi connectivity index (χ0v) is 16.8. The number of hydrogen-bond acceptors (Lipinski definition) is 5. The molecule has 7 nitrogen and oxygen atoms in total. The van der Waals surface area contributed by atoms with Crippen molar-refractivity contribution in [2.75, 3.05) is 37.3 Å². The van der Waals surface area contributed by atoms with Crippen LogP contribution < -0.4 is 14.2 Å². The molecule has 8 heteroatoms. The third kappa shape index (κ3) is 4.75. The maximum atomic E-state index is 12.6. The lowest BCUT2D eigenvalue weighted by Gasteiger charge is -2.17. The Balaban J connectivity index is 1.70. The van der Waals surface area contributed by atoms with Gasteiger partial charge >= 0.3 is 0 Å². The number of carbonyl (C=O) groups excluding carboxylic acids is 1. The van der Waals surface area contributed by atoms with Crippen LogP contribution in [-0.2, 0) is 16.4 Å². The summed E-state index contributed by atoms with van der Waals surface area (Å²) in [5.74, 6) is 0.973. The van der Waals surface area contributed by atoms with Crippen LogP contribution >= 0.6 is 0 Å². The van der Waals surface area contributed by atoms with Gasteiger partial charge < -0.3 is 14.4 Å². The SMILES string of the molecule is CCN1CCOc2ccc(NS(=O)(=O)CCc3ccc(OC)cc3)cc2C1=O. The van der Waals surface area contributed by atoms with Gasteiger partial charge in [0.25, 0.3) is 5.91 Å². The van der Waals surface area contributed by atoms with Gasteiger partial charge in [0, 0.05) is 12.2 Å². The molecule has 2 aromatic carbocycles. The first-order valence-corrected chi connectivity index (χ1v) is 10.8. The van der Waals surface area contributed by atoms with Crippen molar-refractivity contribution < 1.29 is 22.7 Å². The van der Waals surface area contributed by atoms with Gasteiger partial charge in [-0.3, -0.25) is 9.52 Å². The van der Waals surface area contributed by atoms with Crippen molar-refractivity contribution in [3.05, 3.63) is 53.6 Å².